The molecule has 116 valence electrons. The fourth-order valence-electron chi connectivity index (χ4n) is 3.08. The van der Waals surface area contributed by atoms with Gasteiger partial charge in [0.2, 0.25) is 11.8 Å². The lowest BCUT2D eigenvalue weighted by Gasteiger charge is -2.21. The number of aryl methyl sites for hydroxylation is 2. The van der Waals surface area contributed by atoms with Crippen LogP contribution in [0.4, 0.5) is 0 Å². The highest BCUT2D eigenvalue weighted by atomic mass is 16.2. The zero-order chi connectivity index (χ0) is 15.9. The number of hydrogen-bond donors (Lipinski definition) is 1. The second kappa shape index (κ2) is 5.44. The first kappa shape index (κ1) is 14.6. The Morgan fingerprint density at radius 3 is 2.68 bits per heavy atom. The lowest BCUT2D eigenvalue weighted by atomic mass is 10.1. The van der Waals surface area contributed by atoms with Crippen molar-refractivity contribution in [3.63, 3.8) is 0 Å². The molecule has 1 N–H and O–H groups in total. The topological polar surface area (TPSA) is 73.1 Å². The Bertz CT molecular complexity index is 816. The lowest BCUT2D eigenvalue weighted by Crippen LogP contribution is -2.44. The molecular formula is C16H19N3O3. The van der Waals surface area contributed by atoms with Gasteiger partial charge in [0, 0.05) is 13.5 Å². The number of piperidine rings is 1. The number of carbonyl (C=O) groups excluding carboxylic acids is 2. The van der Waals surface area contributed by atoms with Crippen LogP contribution < -0.4 is 11.0 Å². The number of imidazole rings is 1. The van der Waals surface area contributed by atoms with Crippen LogP contribution in [0.2, 0.25) is 0 Å². The number of rotatable bonds is 3. The van der Waals surface area contributed by atoms with Crippen LogP contribution in [0.15, 0.2) is 23.0 Å². The molecule has 1 fully saturated rings. The van der Waals surface area contributed by atoms with Crippen molar-refractivity contribution in [2.24, 2.45) is 7.05 Å². The molecule has 1 aliphatic rings. The fourth-order valence-corrected chi connectivity index (χ4v) is 3.08. The van der Waals surface area contributed by atoms with E-state index in [1.165, 1.54) is 10.1 Å². The lowest BCUT2D eigenvalue weighted by molar-refractivity contribution is -0.135. The third-order valence-corrected chi connectivity index (χ3v) is 4.21. The van der Waals surface area contributed by atoms with Crippen molar-refractivity contribution in [3.05, 3.63) is 34.2 Å². The molecule has 6 heteroatoms. The molecule has 3 rings (SSSR count). The minimum absolute atomic E-state index is 0.224. The highest BCUT2D eigenvalue weighted by Crippen LogP contribution is 2.23. The number of imide groups is 1. The summed E-state index contributed by atoms with van der Waals surface area (Å²) in [5.41, 5.74) is 2.51. The Balaban J connectivity index is 2.14. The molecule has 2 aromatic rings. The Morgan fingerprint density at radius 1 is 1.23 bits per heavy atom. The summed E-state index contributed by atoms with van der Waals surface area (Å²) in [5, 5.41) is 2.31. The first-order valence-corrected chi connectivity index (χ1v) is 7.56. The molecule has 2 amide bonds. The highest BCUT2D eigenvalue weighted by Gasteiger charge is 2.31. The number of benzene rings is 1. The Kier molecular flexibility index (Phi) is 3.60. The number of hydrogen-bond acceptors (Lipinski definition) is 3. The van der Waals surface area contributed by atoms with Crippen molar-refractivity contribution in [1.82, 2.24) is 14.5 Å². The van der Waals surface area contributed by atoms with Crippen LogP contribution in [0, 0.1) is 0 Å². The van der Waals surface area contributed by atoms with E-state index in [0.717, 1.165) is 23.9 Å². The number of nitrogens with zero attached hydrogens (tertiary/aromatic N) is 2. The highest BCUT2D eigenvalue weighted by molar-refractivity contribution is 6.00. The first-order valence-electron chi connectivity index (χ1n) is 7.56. The summed E-state index contributed by atoms with van der Waals surface area (Å²) in [5.74, 6) is -0.678. The second-order valence-electron chi connectivity index (χ2n) is 5.75. The third-order valence-electron chi connectivity index (χ3n) is 4.21. The quantitative estimate of drug-likeness (QED) is 0.868. The standard InChI is InChI=1S/C16H19N3O3/c1-3-4-10-5-6-11-13(9-10)18(2)16(22)19(11)12-7-8-14(20)17-15(12)21/h5-6,9,12H,3-4,7-8H2,1-2H3,(H,17,20,21). The molecular weight excluding hydrogens is 282 g/mol. The fraction of sp³-hybridized carbons (Fsp3) is 0.438. The zero-order valence-corrected chi connectivity index (χ0v) is 12.8. The van der Waals surface area contributed by atoms with Gasteiger partial charge < -0.3 is 0 Å². The molecule has 1 aromatic heterocycles. The molecule has 1 unspecified atom stereocenters. The Labute approximate surface area is 127 Å². The average Bonchev–Trinajstić information content (AvgIpc) is 2.72. The summed E-state index contributed by atoms with van der Waals surface area (Å²) in [6.45, 7) is 2.11. The average molecular weight is 301 g/mol. The van der Waals surface area contributed by atoms with Gasteiger partial charge in [-0.05, 0) is 30.5 Å². The maximum absolute atomic E-state index is 12.5. The molecule has 0 aliphatic carbocycles. The zero-order valence-electron chi connectivity index (χ0n) is 12.8. The van der Waals surface area contributed by atoms with Gasteiger partial charge in [-0.2, -0.15) is 0 Å². The van der Waals surface area contributed by atoms with Crippen molar-refractivity contribution in [2.75, 3.05) is 0 Å². The summed E-state index contributed by atoms with van der Waals surface area (Å²) in [6, 6.07) is 5.27. The van der Waals surface area contributed by atoms with Gasteiger partial charge in [0.1, 0.15) is 6.04 Å². The van der Waals surface area contributed by atoms with E-state index in [2.05, 4.69) is 12.2 Å². The Morgan fingerprint density at radius 2 is 2.00 bits per heavy atom. The predicted octanol–water partition coefficient (Wildman–Crippen LogP) is 1.27. The van der Waals surface area contributed by atoms with Gasteiger partial charge in [-0.25, -0.2) is 4.79 Å². The van der Waals surface area contributed by atoms with Gasteiger partial charge in [0.15, 0.2) is 0 Å². The third kappa shape index (κ3) is 2.24. The Hall–Kier alpha value is -2.37. The van der Waals surface area contributed by atoms with Gasteiger partial charge in [-0.1, -0.05) is 19.4 Å². The predicted molar refractivity (Wildman–Crippen MR) is 82.6 cm³/mol. The molecule has 1 aromatic carbocycles. The van der Waals surface area contributed by atoms with E-state index in [1.54, 1.807) is 11.6 Å². The van der Waals surface area contributed by atoms with Crippen LogP contribution in [0.25, 0.3) is 11.0 Å². The second-order valence-corrected chi connectivity index (χ2v) is 5.75. The van der Waals surface area contributed by atoms with E-state index in [-0.39, 0.29) is 18.0 Å². The number of amides is 2. The van der Waals surface area contributed by atoms with Crippen molar-refractivity contribution in [1.29, 1.82) is 0 Å². The molecule has 1 atom stereocenters. The van der Waals surface area contributed by atoms with Crippen LogP contribution in [-0.2, 0) is 23.1 Å². The number of fused-ring (bicyclic) bond motifs is 1. The van der Waals surface area contributed by atoms with Gasteiger partial charge >= 0.3 is 5.69 Å². The van der Waals surface area contributed by atoms with E-state index in [0.29, 0.717) is 6.42 Å². The van der Waals surface area contributed by atoms with Crippen molar-refractivity contribution in [3.8, 4) is 0 Å². The largest absolute Gasteiger partial charge is 0.329 e. The summed E-state index contributed by atoms with van der Waals surface area (Å²) in [6.07, 6.45) is 2.61. The molecule has 6 nitrogen and oxygen atoms in total. The maximum atomic E-state index is 12.5. The molecule has 1 aliphatic heterocycles. The van der Waals surface area contributed by atoms with Crippen LogP contribution in [0.3, 0.4) is 0 Å². The van der Waals surface area contributed by atoms with Gasteiger partial charge in [0.25, 0.3) is 0 Å². The van der Waals surface area contributed by atoms with E-state index in [4.69, 9.17) is 0 Å². The SMILES string of the molecule is CCCc1ccc2c(c1)n(C)c(=O)n2C1CCC(=O)NC1=O. The van der Waals surface area contributed by atoms with Crippen LogP contribution in [0.1, 0.15) is 37.8 Å². The van der Waals surface area contributed by atoms with Gasteiger partial charge in [0.05, 0.1) is 11.0 Å². The summed E-state index contributed by atoms with van der Waals surface area (Å²) < 4.78 is 3.07. The molecule has 1 saturated heterocycles. The van der Waals surface area contributed by atoms with Crippen LogP contribution in [-0.4, -0.2) is 20.9 Å². The van der Waals surface area contributed by atoms with E-state index in [1.807, 2.05) is 18.2 Å². The first-order chi connectivity index (χ1) is 10.5. The molecule has 2 heterocycles. The van der Waals surface area contributed by atoms with E-state index < -0.39 is 11.9 Å². The summed E-state index contributed by atoms with van der Waals surface area (Å²) in [7, 11) is 1.71. The molecule has 22 heavy (non-hydrogen) atoms. The number of carbonyl (C=O) groups is 2. The minimum atomic E-state index is -0.620. The monoisotopic (exact) mass is 301 g/mol. The summed E-state index contributed by atoms with van der Waals surface area (Å²) in [4.78, 5) is 35.9. The van der Waals surface area contributed by atoms with Crippen molar-refractivity contribution in [2.45, 2.75) is 38.6 Å². The summed E-state index contributed by atoms with van der Waals surface area (Å²) >= 11 is 0. The number of nitrogens with one attached hydrogen (secondary N) is 1. The van der Waals surface area contributed by atoms with E-state index >= 15 is 0 Å². The van der Waals surface area contributed by atoms with E-state index in [9.17, 15) is 14.4 Å². The smallest absolute Gasteiger partial charge is 0.295 e. The van der Waals surface area contributed by atoms with Gasteiger partial charge in [-0.3, -0.25) is 24.0 Å². The molecule has 0 saturated carbocycles. The molecule has 0 spiro atoms. The number of aromatic nitrogens is 2. The molecule has 0 bridgehead atoms. The minimum Gasteiger partial charge on any atom is -0.295 e. The van der Waals surface area contributed by atoms with Crippen LogP contribution in [0.5, 0.6) is 0 Å². The van der Waals surface area contributed by atoms with Crippen molar-refractivity contribution < 1.29 is 9.59 Å². The van der Waals surface area contributed by atoms with Gasteiger partial charge in [-0.15, -0.1) is 0 Å². The maximum Gasteiger partial charge on any atom is 0.329 e. The van der Waals surface area contributed by atoms with Crippen LogP contribution >= 0.6 is 0 Å². The van der Waals surface area contributed by atoms with Crippen molar-refractivity contribution >= 4 is 22.8 Å². The molecule has 0 radical (unpaired) electrons. The normalized spacial score (nSPS) is 18.7.